The highest BCUT2D eigenvalue weighted by Gasteiger charge is 2.59. The largest absolute Gasteiger partial charge is 0.457 e. The van der Waals surface area contributed by atoms with Gasteiger partial charge in [-0.1, -0.05) is 25.6 Å². The molecule has 8 heteroatoms. The number of hydrogen-bond donors (Lipinski definition) is 1. The van der Waals surface area contributed by atoms with Crippen LogP contribution in [-0.4, -0.2) is 36.6 Å². The summed E-state index contributed by atoms with van der Waals surface area (Å²) in [6.45, 7) is 10.9. The number of allylic oxidation sites excluding steroid dienone is 2. The van der Waals surface area contributed by atoms with Gasteiger partial charge in [-0.2, -0.15) is 0 Å². The summed E-state index contributed by atoms with van der Waals surface area (Å²) in [5.41, 5.74) is 4.04. The van der Waals surface area contributed by atoms with Crippen molar-refractivity contribution in [2.24, 2.45) is 39.7 Å². The molecule has 0 saturated heterocycles. The van der Waals surface area contributed by atoms with Crippen LogP contribution in [0.25, 0.3) is 5.57 Å². The topological polar surface area (TPSA) is 103 Å². The quantitative estimate of drug-likeness (QED) is 0.280. The van der Waals surface area contributed by atoms with E-state index in [0.717, 1.165) is 55.4 Å². The van der Waals surface area contributed by atoms with Gasteiger partial charge in [0.25, 0.3) is 0 Å². The predicted molar refractivity (Wildman–Crippen MR) is 174 cm³/mol. The van der Waals surface area contributed by atoms with Crippen molar-refractivity contribution in [1.82, 2.24) is 0 Å². The Morgan fingerprint density at radius 1 is 1.11 bits per heavy atom. The Balaban J connectivity index is 0.996. The van der Waals surface area contributed by atoms with E-state index in [2.05, 4.69) is 30.9 Å². The number of hydrogen-bond acceptors (Lipinski definition) is 7. The number of ether oxygens (including phenoxy) is 2. The Labute approximate surface area is 267 Å². The highest BCUT2D eigenvalue weighted by Crippen LogP contribution is 2.65. The molecule has 0 aromatic heterocycles. The molecule has 5 aliphatic rings. The maximum Gasteiger partial charge on any atom is 0.411 e. The summed E-state index contributed by atoms with van der Waals surface area (Å²) >= 11 is 0. The molecule has 242 valence electrons. The monoisotopic (exact) mass is 616 g/mol. The SMILES string of the molecule is C=C1C=C(CCCC(=O)CO/N=C2/CC[C@H]3[C@@H]4CC[C@H]5CC(=O)CC[C@]5(C)[C@H]4CC[C@]23C)c2ccc(NC(=O)OCC)cc2O1. The van der Waals surface area contributed by atoms with Gasteiger partial charge in [-0.3, -0.25) is 14.9 Å². The summed E-state index contributed by atoms with van der Waals surface area (Å²) in [4.78, 5) is 42.5. The Morgan fingerprint density at radius 2 is 1.96 bits per heavy atom. The molecule has 1 aromatic carbocycles. The second-order valence-electron chi connectivity index (χ2n) is 14.4. The minimum atomic E-state index is -0.515. The molecule has 1 amide bonds. The molecule has 0 bridgehead atoms. The fraction of sp³-hybridized carbons (Fsp3) is 0.622. The number of rotatable bonds is 9. The number of carbonyl (C=O) groups excluding carboxylic acids is 3. The first-order chi connectivity index (χ1) is 21.6. The molecule has 6 atom stereocenters. The average Bonchev–Trinajstić information content (AvgIpc) is 3.33. The number of oxime groups is 1. The fourth-order valence-corrected chi connectivity index (χ4v) is 9.60. The van der Waals surface area contributed by atoms with Crippen molar-refractivity contribution in [2.45, 2.75) is 97.8 Å². The van der Waals surface area contributed by atoms with E-state index >= 15 is 0 Å². The van der Waals surface area contributed by atoms with Gasteiger partial charge in [0.2, 0.25) is 0 Å². The van der Waals surface area contributed by atoms with Crippen LogP contribution in [0.2, 0.25) is 0 Å². The summed E-state index contributed by atoms with van der Waals surface area (Å²) in [6, 6.07) is 5.47. The molecule has 4 fully saturated rings. The van der Waals surface area contributed by atoms with E-state index in [9.17, 15) is 14.4 Å². The van der Waals surface area contributed by atoms with Crippen LogP contribution in [0, 0.1) is 34.5 Å². The third kappa shape index (κ3) is 6.22. The zero-order valence-corrected chi connectivity index (χ0v) is 27.1. The van der Waals surface area contributed by atoms with Crippen LogP contribution < -0.4 is 10.1 Å². The van der Waals surface area contributed by atoms with Crippen molar-refractivity contribution >= 4 is 34.6 Å². The number of anilines is 1. The maximum atomic E-state index is 12.8. The molecule has 1 heterocycles. The second-order valence-corrected chi connectivity index (χ2v) is 14.4. The molecule has 0 spiro atoms. The second kappa shape index (κ2) is 12.8. The number of amides is 1. The standard InChI is InChI=1S/C37H48N2O6/c1-5-43-35(42)38-26-10-12-29-24(19-23(2)45-33(29)21-26)7-6-8-28(41)22-44-39-34-14-13-31-30-11-9-25-20-27(40)15-17-36(25,3)32(30)16-18-37(31,34)4/h10,12,19,21,25,30-32H,2,5-9,11,13-18,20,22H2,1,3-4H3,(H,38,42)/b39-34-/t25-,30-,31-,32-,36-,37-/m0/s1. The highest BCUT2D eigenvalue weighted by atomic mass is 16.6. The Kier molecular flexibility index (Phi) is 8.95. The summed E-state index contributed by atoms with van der Waals surface area (Å²) in [5, 5.41) is 7.31. The normalized spacial score (nSPS) is 32.8. The summed E-state index contributed by atoms with van der Waals surface area (Å²) in [7, 11) is 0. The van der Waals surface area contributed by atoms with Crippen molar-refractivity contribution < 1.29 is 28.7 Å². The van der Waals surface area contributed by atoms with E-state index in [0.29, 0.717) is 77.9 Å². The predicted octanol–water partition coefficient (Wildman–Crippen LogP) is 8.27. The zero-order valence-electron chi connectivity index (χ0n) is 27.1. The van der Waals surface area contributed by atoms with Gasteiger partial charge in [0.1, 0.15) is 17.3 Å². The molecular weight excluding hydrogens is 568 g/mol. The molecular formula is C37H48N2O6. The molecule has 4 aliphatic carbocycles. The van der Waals surface area contributed by atoms with Gasteiger partial charge in [-0.15, -0.1) is 0 Å². The van der Waals surface area contributed by atoms with Crippen molar-refractivity contribution in [2.75, 3.05) is 18.5 Å². The first-order valence-electron chi connectivity index (χ1n) is 17.0. The van der Waals surface area contributed by atoms with Crippen molar-refractivity contribution in [3.8, 4) is 5.75 Å². The third-order valence-electron chi connectivity index (χ3n) is 12.0. The lowest BCUT2D eigenvalue weighted by molar-refractivity contribution is -0.136. The first-order valence-corrected chi connectivity index (χ1v) is 17.0. The van der Waals surface area contributed by atoms with Crippen molar-refractivity contribution in [3.63, 3.8) is 0 Å². The summed E-state index contributed by atoms with van der Waals surface area (Å²) < 4.78 is 10.8. The first kappa shape index (κ1) is 31.6. The highest BCUT2D eigenvalue weighted by molar-refractivity contribution is 5.92. The van der Waals surface area contributed by atoms with Crippen LogP contribution in [0.5, 0.6) is 5.75 Å². The maximum absolute atomic E-state index is 12.8. The summed E-state index contributed by atoms with van der Waals surface area (Å²) in [5.74, 6) is 4.24. The lowest BCUT2D eigenvalue weighted by Crippen LogP contribution is -2.53. The molecule has 1 aliphatic heterocycles. The molecule has 8 nitrogen and oxygen atoms in total. The number of ketones is 2. The van der Waals surface area contributed by atoms with E-state index in [4.69, 9.17) is 14.3 Å². The van der Waals surface area contributed by atoms with Gasteiger partial charge in [-0.25, -0.2) is 4.79 Å². The minimum absolute atomic E-state index is 0.00156. The number of nitrogens with zero attached hydrogens (tertiary/aromatic N) is 1. The average molecular weight is 617 g/mol. The van der Waals surface area contributed by atoms with Gasteiger partial charge >= 0.3 is 6.09 Å². The van der Waals surface area contributed by atoms with Crippen LogP contribution in [0.1, 0.15) is 103 Å². The van der Waals surface area contributed by atoms with E-state index in [1.54, 1.807) is 13.0 Å². The van der Waals surface area contributed by atoms with E-state index in [-0.39, 0.29) is 17.8 Å². The smallest absolute Gasteiger partial charge is 0.411 e. The Bertz CT molecular complexity index is 1430. The number of carbonyl (C=O) groups is 3. The Hall–Kier alpha value is -3.42. The van der Waals surface area contributed by atoms with Crippen LogP contribution in [0.15, 0.2) is 41.8 Å². The number of Topliss-reactive ketones (excluding diaryl/α,β-unsaturated/α-hetero) is 2. The van der Waals surface area contributed by atoms with Crippen LogP contribution in [0.4, 0.5) is 10.5 Å². The molecule has 0 radical (unpaired) electrons. The third-order valence-corrected chi connectivity index (χ3v) is 12.0. The fourth-order valence-electron chi connectivity index (χ4n) is 9.60. The van der Waals surface area contributed by atoms with Crippen LogP contribution >= 0.6 is 0 Å². The van der Waals surface area contributed by atoms with Gasteiger partial charge < -0.3 is 14.3 Å². The lowest BCUT2D eigenvalue weighted by Gasteiger charge is -2.59. The lowest BCUT2D eigenvalue weighted by atomic mass is 9.45. The van der Waals surface area contributed by atoms with Gasteiger partial charge in [0.05, 0.1) is 12.3 Å². The van der Waals surface area contributed by atoms with Gasteiger partial charge in [0, 0.05) is 42.0 Å². The molecule has 45 heavy (non-hydrogen) atoms. The number of fused-ring (bicyclic) bond motifs is 6. The Morgan fingerprint density at radius 3 is 2.78 bits per heavy atom. The molecule has 1 N–H and O–H groups in total. The number of benzene rings is 1. The van der Waals surface area contributed by atoms with E-state index < -0.39 is 6.09 Å². The molecule has 4 saturated carbocycles. The van der Waals surface area contributed by atoms with Gasteiger partial charge in [0.15, 0.2) is 12.4 Å². The van der Waals surface area contributed by atoms with E-state index in [1.807, 2.05) is 18.2 Å². The van der Waals surface area contributed by atoms with Crippen LogP contribution in [-0.2, 0) is 19.2 Å². The van der Waals surface area contributed by atoms with Crippen molar-refractivity contribution in [1.29, 1.82) is 0 Å². The minimum Gasteiger partial charge on any atom is -0.457 e. The molecule has 6 rings (SSSR count). The zero-order chi connectivity index (χ0) is 31.8. The van der Waals surface area contributed by atoms with Crippen molar-refractivity contribution in [3.05, 3.63) is 42.2 Å². The molecule has 1 aromatic rings. The van der Waals surface area contributed by atoms with Crippen LogP contribution in [0.3, 0.4) is 0 Å². The number of nitrogens with one attached hydrogen (secondary N) is 1. The molecule has 0 unspecified atom stereocenters. The van der Waals surface area contributed by atoms with Gasteiger partial charge in [-0.05, 0) is 118 Å². The van der Waals surface area contributed by atoms with E-state index in [1.165, 1.54) is 19.3 Å². The summed E-state index contributed by atoms with van der Waals surface area (Å²) in [6.07, 6.45) is 12.6.